The normalized spacial score (nSPS) is 10.5. The molecular formula is C17H13ClN2O3. The summed E-state index contributed by atoms with van der Waals surface area (Å²) in [5.74, 6) is 0.722. The Bertz CT molecular complexity index is 850. The first kappa shape index (κ1) is 15.2. The summed E-state index contributed by atoms with van der Waals surface area (Å²) in [5, 5.41) is 0.613. The molecule has 0 saturated carbocycles. The molecule has 1 aromatic heterocycles. The lowest BCUT2D eigenvalue weighted by molar-refractivity contribution is -0.139. The van der Waals surface area contributed by atoms with Gasteiger partial charge in [0.15, 0.2) is 0 Å². The lowest BCUT2D eigenvalue weighted by Gasteiger charge is -2.06. The molecule has 0 radical (unpaired) electrons. The number of hydrogen-bond acceptors (Lipinski definition) is 5. The van der Waals surface area contributed by atoms with E-state index < -0.39 is 0 Å². The van der Waals surface area contributed by atoms with E-state index in [0.717, 1.165) is 5.56 Å². The monoisotopic (exact) mass is 328 g/mol. The molecule has 0 unspecified atom stereocenters. The molecule has 0 atom stereocenters. The topological polar surface area (TPSA) is 61.3 Å². The van der Waals surface area contributed by atoms with Gasteiger partial charge >= 0.3 is 5.97 Å². The number of rotatable bonds is 4. The molecule has 0 aliphatic heterocycles. The summed E-state index contributed by atoms with van der Waals surface area (Å²) >= 11 is 5.92. The minimum atomic E-state index is -0.280. The first-order valence-electron chi connectivity index (χ1n) is 6.90. The maximum Gasteiger partial charge on any atom is 0.309 e. The van der Waals surface area contributed by atoms with Crippen molar-refractivity contribution in [3.63, 3.8) is 0 Å². The Kier molecular flexibility index (Phi) is 4.39. The molecule has 0 aliphatic carbocycles. The third kappa shape index (κ3) is 3.76. The number of carbonyl (C=O) groups excluding carboxylic acids is 1. The predicted molar refractivity (Wildman–Crippen MR) is 86.8 cm³/mol. The van der Waals surface area contributed by atoms with Crippen molar-refractivity contribution in [1.29, 1.82) is 0 Å². The number of methoxy groups -OCH3 is 1. The number of aromatic nitrogens is 2. The molecule has 0 aliphatic rings. The Morgan fingerprint density at radius 3 is 2.65 bits per heavy atom. The van der Waals surface area contributed by atoms with Crippen LogP contribution in [0.4, 0.5) is 0 Å². The van der Waals surface area contributed by atoms with Crippen LogP contribution < -0.4 is 4.74 Å². The van der Waals surface area contributed by atoms with Gasteiger partial charge in [-0.25, -0.2) is 9.97 Å². The van der Waals surface area contributed by atoms with Crippen molar-refractivity contribution >= 4 is 28.6 Å². The fraction of sp³-hybridized carbons (Fsp3) is 0.118. The molecular weight excluding hydrogens is 316 g/mol. The van der Waals surface area contributed by atoms with Gasteiger partial charge in [0.2, 0.25) is 5.88 Å². The maximum atomic E-state index is 11.2. The zero-order chi connectivity index (χ0) is 16.2. The number of carbonyl (C=O) groups is 1. The molecule has 5 nitrogen and oxygen atoms in total. The van der Waals surface area contributed by atoms with E-state index in [-0.39, 0.29) is 12.4 Å². The van der Waals surface area contributed by atoms with Crippen molar-refractivity contribution in [2.45, 2.75) is 6.42 Å². The van der Waals surface area contributed by atoms with E-state index in [1.165, 1.54) is 7.11 Å². The van der Waals surface area contributed by atoms with Crippen LogP contribution in [-0.2, 0) is 16.0 Å². The lowest BCUT2D eigenvalue weighted by Crippen LogP contribution is -2.04. The van der Waals surface area contributed by atoms with Crippen LogP contribution in [-0.4, -0.2) is 23.0 Å². The summed E-state index contributed by atoms with van der Waals surface area (Å²) in [6.45, 7) is 0. The Balaban J connectivity index is 1.76. The number of ether oxygens (including phenoxy) is 2. The Hall–Kier alpha value is -2.66. The highest BCUT2D eigenvalue weighted by atomic mass is 35.5. The summed E-state index contributed by atoms with van der Waals surface area (Å²) in [5.41, 5.74) is 2.26. The summed E-state index contributed by atoms with van der Waals surface area (Å²) < 4.78 is 10.3. The number of hydrogen-bond donors (Lipinski definition) is 0. The van der Waals surface area contributed by atoms with Crippen LogP contribution in [0, 0.1) is 0 Å². The van der Waals surface area contributed by atoms with E-state index >= 15 is 0 Å². The van der Waals surface area contributed by atoms with E-state index in [9.17, 15) is 4.79 Å². The minimum Gasteiger partial charge on any atom is -0.469 e. The number of benzene rings is 2. The van der Waals surface area contributed by atoms with E-state index in [1.54, 1.807) is 48.7 Å². The molecule has 23 heavy (non-hydrogen) atoms. The van der Waals surface area contributed by atoms with Gasteiger partial charge in [0.25, 0.3) is 0 Å². The van der Waals surface area contributed by atoms with Crippen molar-refractivity contribution in [3.05, 3.63) is 59.2 Å². The molecule has 0 spiro atoms. The molecule has 0 fully saturated rings. The predicted octanol–water partition coefficient (Wildman–Crippen LogP) is 3.79. The highest BCUT2D eigenvalue weighted by Crippen LogP contribution is 2.23. The number of nitrogens with zero attached hydrogens (tertiary/aromatic N) is 2. The van der Waals surface area contributed by atoms with Crippen molar-refractivity contribution in [2.24, 2.45) is 0 Å². The van der Waals surface area contributed by atoms with E-state index in [1.807, 2.05) is 0 Å². The highest BCUT2D eigenvalue weighted by molar-refractivity contribution is 6.31. The van der Waals surface area contributed by atoms with Crippen LogP contribution in [0.15, 0.2) is 48.7 Å². The van der Waals surface area contributed by atoms with Gasteiger partial charge in [-0.2, -0.15) is 0 Å². The molecule has 1 heterocycles. The molecule has 0 bridgehead atoms. The zero-order valence-electron chi connectivity index (χ0n) is 12.3. The SMILES string of the molecule is COC(=O)Cc1ccc(Oc2cnc3cc(Cl)ccc3n2)cc1. The second-order valence-electron chi connectivity index (χ2n) is 4.84. The van der Waals surface area contributed by atoms with Gasteiger partial charge in [-0.15, -0.1) is 0 Å². The summed E-state index contributed by atoms with van der Waals surface area (Å²) in [4.78, 5) is 19.9. The molecule has 6 heteroatoms. The van der Waals surface area contributed by atoms with Gasteiger partial charge in [0.1, 0.15) is 5.75 Å². The number of esters is 1. The van der Waals surface area contributed by atoms with Crippen molar-refractivity contribution < 1.29 is 14.3 Å². The average molecular weight is 329 g/mol. The molecule has 3 rings (SSSR count). The first-order chi connectivity index (χ1) is 11.1. The Labute approximate surface area is 137 Å². The summed E-state index contributed by atoms with van der Waals surface area (Å²) in [7, 11) is 1.37. The van der Waals surface area contributed by atoms with Crippen LogP contribution in [0.1, 0.15) is 5.56 Å². The van der Waals surface area contributed by atoms with Crippen LogP contribution in [0.3, 0.4) is 0 Å². The van der Waals surface area contributed by atoms with E-state index in [0.29, 0.717) is 27.7 Å². The van der Waals surface area contributed by atoms with E-state index in [4.69, 9.17) is 16.3 Å². The third-order valence-electron chi connectivity index (χ3n) is 3.20. The molecule has 116 valence electrons. The second-order valence-corrected chi connectivity index (χ2v) is 5.28. The molecule has 0 saturated heterocycles. The van der Waals surface area contributed by atoms with Crippen molar-refractivity contribution in [2.75, 3.05) is 7.11 Å². The Morgan fingerprint density at radius 2 is 1.91 bits per heavy atom. The summed E-state index contributed by atoms with van der Waals surface area (Å²) in [6, 6.07) is 12.4. The van der Waals surface area contributed by atoms with Gasteiger partial charge in [0.05, 0.1) is 30.8 Å². The molecule has 2 aromatic carbocycles. The molecule has 0 N–H and O–H groups in total. The third-order valence-corrected chi connectivity index (χ3v) is 3.44. The average Bonchev–Trinajstić information content (AvgIpc) is 2.56. The minimum absolute atomic E-state index is 0.229. The van der Waals surface area contributed by atoms with Gasteiger partial charge in [0, 0.05) is 5.02 Å². The van der Waals surface area contributed by atoms with Gasteiger partial charge in [-0.05, 0) is 35.9 Å². The smallest absolute Gasteiger partial charge is 0.309 e. The van der Waals surface area contributed by atoms with Gasteiger partial charge < -0.3 is 9.47 Å². The van der Waals surface area contributed by atoms with Crippen molar-refractivity contribution in [1.82, 2.24) is 9.97 Å². The first-order valence-corrected chi connectivity index (χ1v) is 7.28. The fourth-order valence-corrected chi connectivity index (χ4v) is 2.22. The van der Waals surface area contributed by atoms with Crippen LogP contribution >= 0.6 is 11.6 Å². The molecule has 0 amide bonds. The largest absolute Gasteiger partial charge is 0.469 e. The molecule has 3 aromatic rings. The maximum absolute atomic E-state index is 11.2. The van der Waals surface area contributed by atoms with Crippen LogP contribution in [0.25, 0.3) is 11.0 Å². The standard InChI is InChI=1S/C17H13ClN2O3/c1-22-17(21)8-11-2-5-13(6-3-11)23-16-10-19-15-9-12(18)4-7-14(15)20-16/h2-7,9-10H,8H2,1H3. The van der Waals surface area contributed by atoms with Crippen LogP contribution in [0.5, 0.6) is 11.6 Å². The van der Waals surface area contributed by atoms with Crippen molar-refractivity contribution in [3.8, 4) is 11.6 Å². The fourth-order valence-electron chi connectivity index (χ4n) is 2.05. The van der Waals surface area contributed by atoms with E-state index in [2.05, 4.69) is 14.7 Å². The summed E-state index contributed by atoms with van der Waals surface area (Å²) in [6.07, 6.45) is 1.77. The number of halogens is 1. The highest BCUT2D eigenvalue weighted by Gasteiger charge is 2.05. The lowest BCUT2D eigenvalue weighted by atomic mass is 10.1. The second kappa shape index (κ2) is 6.62. The van der Waals surface area contributed by atoms with Crippen LogP contribution in [0.2, 0.25) is 5.02 Å². The van der Waals surface area contributed by atoms with Gasteiger partial charge in [-0.1, -0.05) is 23.7 Å². The Morgan fingerprint density at radius 1 is 1.13 bits per heavy atom. The number of fused-ring (bicyclic) bond motifs is 1. The zero-order valence-corrected chi connectivity index (χ0v) is 13.1. The quantitative estimate of drug-likeness (QED) is 0.682. The van der Waals surface area contributed by atoms with Gasteiger partial charge in [-0.3, -0.25) is 4.79 Å².